The SMILES string of the molecule is CCNCC1CCCCN1c1cnc(C)c(C)n1. The molecular weight excluding hydrogens is 224 g/mol. The Bertz CT molecular complexity index is 391. The van der Waals surface area contributed by atoms with Gasteiger partial charge in [-0.25, -0.2) is 4.98 Å². The summed E-state index contributed by atoms with van der Waals surface area (Å²) in [5, 5.41) is 3.45. The van der Waals surface area contributed by atoms with E-state index in [1.807, 2.05) is 20.0 Å². The monoisotopic (exact) mass is 248 g/mol. The lowest BCUT2D eigenvalue weighted by Gasteiger charge is -2.36. The molecule has 1 N–H and O–H groups in total. The topological polar surface area (TPSA) is 41.0 Å². The Morgan fingerprint density at radius 1 is 1.33 bits per heavy atom. The molecule has 18 heavy (non-hydrogen) atoms. The van der Waals surface area contributed by atoms with Crippen LogP contribution in [0.3, 0.4) is 0 Å². The lowest BCUT2D eigenvalue weighted by molar-refractivity contribution is 0.436. The van der Waals surface area contributed by atoms with Crippen LogP contribution in [0.25, 0.3) is 0 Å². The Morgan fingerprint density at radius 2 is 2.17 bits per heavy atom. The fourth-order valence-corrected chi connectivity index (χ4v) is 2.49. The van der Waals surface area contributed by atoms with Crippen molar-refractivity contribution in [3.63, 3.8) is 0 Å². The van der Waals surface area contributed by atoms with Gasteiger partial charge in [0.15, 0.2) is 0 Å². The summed E-state index contributed by atoms with van der Waals surface area (Å²) >= 11 is 0. The maximum absolute atomic E-state index is 4.69. The van der Waals surface area contributed by atoms with Crippen molar-refractivity contribution in [2.24, 2.45) is 0 Å². The van der Waals surface area contributed by atoms with Crippen molar-refractivity contribution in [2.75, 3.05) is 24.5 Å². The van der Waals surface area contributed by atoms with E-state index in [1.165, 1.54) is 19.3 Å². The first-order valence-electron chi connectivity index (χ1n) is 7.00. The number of likely N-dealkylation sites (N-methyl/N-ethyl adjacent to an activating group) is 1. The first-order chi connectivity index (χ1) is 8.72. The third-order valence-corrected chi connectivity index (χ3v) is 3.73. The van der Waals surface area contributed by atoms with Gasteiger partial charge < -0.3 is 10.2 Å². The summed E-state index contributed by atoms with van der Waals surface area (Å²) in [5.41, 5.74) is 2.07. The highest BCUT2D eigenvalue weighted by atomic mass is 15.2. The van der Waals surface area contributed by atoms with Crippen LogP contribution in [0.5, 0.6) is 0 Å². The number of anilines is 1. The molecule has 2 heterocycles. The second-order valence-electron chi connectivity index (χ2n) is 5.05. The zero-order valence-corrected chi connectivity index (χ0v) is 11.7. The molecule has 0 bridgehead atoms. The number of aryl methyl sites for hydroxylation is 2. The van der Waals surface area contributed by atoms with Crippen LogP contribution in [-0.4, -0.2) is 35.6 Å². The van der Waals surface area contributed by atoms with Crippen molar-refractivity contribution in [3.05, 3.63) is 17.6 Å². The van der Waals surface area contributed by atoms with Crippen molar-refractivity contribution in [1.82, 2.24) is 15.3 Å². The van der Waals surface area contributed by atoms with Crippen LogP contribution in [0.1, 0.15) is 37.6 Å². The van der Waals surface area contributed by atoms with Gasteiger partial charge in [0.2, 0.25) is 0 Å². The number of nitrogens with one attached hydrogen (secondary N) is 1. The maximum atomic E-state index is 4.69. The molecule has 4 nitrogen and oxygen atoms in total. The molecule has 0 spiro atoms. The van der Waals surface area contributed by atoms with E-state index in [0.717, 1.165) is 36.8 Å². The summed E-state index contributed by atoms with van der Waals surface area (Å²) in [7, 11) is 0. The standard InChI is InChI=1S/C14H24N4/c1-4-15-9-13-7-5-6-8-18(13)14-10-16-11(2)12(3)17-14/h10,13,15H,4-9H2,1-3H3. The number of aromatic nitrogens is 2. The summed E-state index contributed by atoms with van der Waals surface area (Å²) in [5.74, 6) is 1.04. The molecule has 1 atom stereocenters. The van der Waals surface area contributed by atoms with E-state index < -0.39 is 0 Å². The lowest BCUT2D eigenvalue weighted by atomic mass is 10.0. The highest BCUT2D eigenvalue weighted by Gasteiger charge is 2.23. The quantitative estimate of drug-likeness (QED) is 0.885. The van der Waals surface area contributed by atoms with Gasteiger partial charge in [-0.15, -0.1) is 0 Å². The minimum absolute atomic E-state index is 0.565. The van der Waals surface area contributed by atoms with Gasteiger partial charge in [-0.2, -0.15) is 0 Å². The first kappa shape index (κ1) is 13.3. The Kier molecular flexibility index (Phi) is 4.53. The van der Waals surface area contributed by atoms with E-state index in [-0.39, 0.29) is 0 Å². The Morgan fingerprint density at radius 3 is 2.89 bits per heavy atom. The van der Waals surface area contributed by atoms with E-state index in [9.17, 15) is 0 Å². The molecule has 1 fully saturated rings. The van der Waals surface area contributed by atoms with Crippen LogP contribution in [0, 0.1) is 13.8 Å². The normalized spacial score (nSPS) is 20.2. The zero-order chi connectivity index (χ0) is 13.0. The molecule has 2 rings (SSSR count). The first-order valence-corrected chi connectivity index (χ1v) is 7.00. The fraction of sp³-hybridized carbons (Fsp3) is 0.714. The molecule has 0 aliphatic carbocycles. The van der Waals surface area contributed by atoms with E-state index in [4.69, 9.17) is 4.98 Å². The molecule has 1 saturated heterocycles. The molecular formula is C14H24N4. The predicted molar refractivity (Wildman–Crippen MR) is 75.0 cm³/mol. The summed E-state index contributed by atoms with van der Waals surface area (Å²) < 4.78 is 0. The second kappa shape index (κ2) is 6.14. The molecule has 100 valence electrons. The van der Waals surface area contributed by atoms with E-state index in [0.29, 0.717) is 6.04 Å². The van der Waals surface area contributed by atoms with Gasteiger partial charge in [-0.1, -0.05) is 6.92 Å². The van der Waals surface area contributed by atoms with Crippen molar-refractivity contribution >= 4 is 5.82 Å². The van der Waals surface area contributed by atoms with Crippen LogP contribution in [0.4, 0.5) is 5.82 Å². The molecule has 0 saturated carbocycles. The fourth-order valence-electron chi connectivity index (χ4n) is 2.49. The zero-order valence-electron chi connectivity index (χ0n) is 11.7. The number of hydrogen-bond donors (Lipinski definition) is 1. The summed E-state index contributed by atoms with van der Waals surface area (Å²) in [6.45, 7) is 9.39. The Hall–Kier alpha value is -1.16. The average Bonchev–Trinajstić information content (AvgIpc) is 2.40. The molecule has 0 aromatic carbocycles. The Balaban J connectivity index is 2.14. The van der Waals surface area contributed by atoms with Crippen molar-refractivity contribution in [3.8, 4) is 0 Å². The van der Waals surface area contributed by atoms with Gasteiger partial charge in [0.1, 0.15) is 5.82 Å². The number of hydrogen-bond acceptors (Lipinski definition) is 4. The van der Waals surface area contributed by atoms with Gasteiger partial charge in [0.25, 0.3) is 0 Å². The Labute approximate surface area is 110 Å². The molecule has 1 aromatic heterocycles. The van der Waals surface area contributed by atoms with Crippen LogP contribution in [0.2, 0.25) is 0 Å². The third-order valence-electron chi connectivity index (χ3n) is 3.73. The minimum Gasteiger partial charge on any atom is -0.351 e. The van der Waals surface area contributed by atoms with Crippen molar-refractivity contribution < 1.29 is 0 Å². The lowest BCUT2D eigenvalue weighted by Crippen LogP contribution is -2.46. The van der Waals surface area contributed by atoms with Crippen LogP contribution in [0.15, 0.2) is 6.20 Å². The van der Waals surface area contributed by atoms with Gasteiger partial charge in [-0.3, -0.25) is 4.98 Å². The molecule has 1 unspecified atom stereocenters. The third kappa shape index (κ3) is 2.99. The van der Waals surface area contributed by atoms with Crippen LogP contribution < -0.4 is 10.2 Å². The summed E-state index contributed by atoms with van der Waals surface area (Å²) in [6.07, 6.45) is 5.76. The smallest absolute Gasteiger partial charge is 0.147 e. The summed E-state index contributed by atoms with van der Waals surface area (Å²) in [6, 6.07) is 0.565. The average molecular weight is 248 g/mol. The summed E-state index contributed by atoms with van der Waals surface area (Å²) in [4.78, 5) is 11.6. The van der Waals surface area contributed by atoms with Crippen LogP contribution in [-0.2, 0) is 0 Å². The number of nitrogens with zero attached hydrogens (tertiary/aromatic N) is 3. The van der Waals surface area contributed by atoms with Crippen molar-refractivity contribution in [2.45, 2.75) is 46.1 Å². The number of piperidine rings is 1. The second-order valence-corrected chi connectivity index (χ2v) is 5.05. The molecule has 1 aromatic rings. The van der Waals surface area contributed by atoms with E-state index in [1.54, 1.807) is 0 Å². The van der Waals surface area contributed by atoms with Gasteiger partial charge in [0, 0.05) is 19.1 Å². The number of rotatable bonds is 4. The minimum atomic E-state index is 0.565. The van der Waals surface area contributed by atoms with Gasteiger partial charge in [0.05, 0.1) is 17.6 Å². The molecule has 0 amide bonds. The predicted octanol–water partition coefficient (Wildman–Crippen LogP) is 2.06. The largest absolute Gasteiger partial charge is 0.351 e. The van der Waals surface area contributed by atoms with Crippen LogP contribution >= 0.6 is 0 Å². The van der Waals surface area contributed by atoms with Crippen molar-refractivity contribution in [1.29, 1.82) is 0 Å². The van der Waals surface area contributed by atoms with Gasteiger partial charge in [-0.05, 0) is 39.7 Å². The molecule has 0 radical (unpaired) electrons. The van der Waals surface area contributed by atoms with E-state index in [2.05, 4.69) is 22.1 Å². The van der Waals surface area contributed by atoms with Gasteiger partial charge >= 0.3 is 0 Å². The highest BCUT2D eigenvalue weighted by molar-refractivity contribution is 5.39. The molecule has 1 aliphatic heterocycles. The molecule has 4 heteroatoms. The molecule has 1 aliphatic rings. The highest BCUT2D eigenvalue weighted by Crippen LogP contribution is 2.22. The van der Waals surface area contributed by atoms with E-state index >= 15 is 0 Å². The maximum Gasteiger partial charge on any atom is 0.147 e.